The topological polar surface area (TPSA) is 58.6 Å². The first-order chi connectivity index (χ1) is 12.1. The van der Waals surface area contributed by atoms with Crippen molar-refractivity contribution in [2.24, 2.45) is 16.7 Å². The van der Waals surface area contributed by atoms with Crippen molar-refractivity contribution in [2.45, 2.75) is 85.8 Å². The number of rotatable bonds is 9. The summed E-state index contributed by atoms with van der Waals surface area (Å²) in [7, 11) is 0. The highest BCUT2D eigenvalue weighted by Crippen LogP contribution is 2.57. The Balaban J connectivity index is 1.89. The fourth-order valence-electron chi connectivity index (χ4n) is 3.97. The summed E-state index contributed by atoms with van der Waals surface area (Å²) in [6, 6.07) is 0.360. The van der Waals surface area contributed by atoms with Crippen LogP contribution in [0.4, 0.5) is 0 Å². The van der Waals surface area contributed by atoms with Crippen LogP contribution in [0.2, 0.25) is 0 Å². The van der Waals surface area contributed by atoms with E-state index < -0.39 is 0 Å². The second-order valence-electron chi connectivity index (χ2n) is 9.10. The Morgan fingerprint density at radius 2 is 1.88 bits per heavy atom. The number of nitrogens with one attached hydrogen (secondary N) is 1. The van der Waals surface area contributed by atoms with Crippen molar-refractivity contribution in [1.29, 1.82) is 0 Å². The van der Waals surface area contributed by atoms with Gasteiger partial charge < -0.3 is 15.0 Å². The van der Waals surface area contributed by atoms with Crippen molar-refractivity contribution in [3.63, 3.8) is 0 Å². The Hall–Kier alpha value is -1.10. The van der Waals surface area contributed by atoms with E-state index in [1.54, 1.807) is 0 Å². The van der Waals surface area contributed by atoms with Crippen LogP contribution in [-0.4, -0.2) is 48.6 Å². The lowest BCUT2D eigenvalue weighted by Crippen LogP contribution is -2.51. The van der Waals surface area contributed by atoms with E-state index in [4.69, 9.17) is 4.74 Å². The predicted molar refractivity (Wildman–Crippen MR) is 104 cm³/mol. The van der Waals surface area contributed by atoms with Crippen LogP contribution in [0.15, 0.2) is 0 Å². The SMILES string of the molecule is CCC(C)OCC(=O)NCCN(C(=O)[C@]1(C)CC[C@H](C)C1(C)C)C1CC1. The summed E-state index contributed by atoms with van der Waals surface area (Å²) in [5.74, 6) is 0.726. The molecule has 1 N–H and O–H groups in total. The maximum Gasteiger partial charge on any atom is 0.246 e. The third-order valence-corrected chi connectivity index (χ3v) is 7.20. The van der Waals surface area contributed by atoms with Gasteiger partial charge in [0.1, 0.15) is 6.61 Å². The molecular weight excluding hydrogens is 328 g/mol. The normalized spacial score (nSPS) is 28.6. The van der Waals surface area contributed by atoms with Crippen LogP contribution in [0, 0.1) is 16.7 Å². The van der Waals surface area contributed by atoms with Gasteiger partial charge in [-0.3, -0.25) is 9.59 Å². The monoisotopic (exact) mass is 366 g/mol. The maximum absolute atomic E-state index is 13.4. The first kappa shape index (κ1) is 21.2. The molecule has 2 amide bonds. The zero-order valence-electron chi connectivity index (χ0n) is 17.6. The molecule has 0 aromatic carbocycles. The predicted octanol–water partition coefficient (Wildman–Crippen LogP) is 3.37. The van der Waals surface area contributed by atoms with Gasteiger partial charge in [-0.2, -0.15) is 0 Å². The summed E-state index contributed by atoms with van der Waals surface area (Å²) < 4.78 is 5.46. The largest absolute Gasteiger partial charge is 0.369 e. The number of hydrogen-bond acceptors (Lipinski definition) is 3. The van der Waals surface area contributed by atoms with Crippen LogP contribution in [-0.2, 0) is 14.3 Å². The van der Waals surface area contributed by atoms with Gasteiger partial charge in [-0.1, -0.05) is 34.6 Å². The lowest BCUT2D eigenvalue weighted by atomic mass is 9.65. The van der Waals surface area contributed by atoms with Crippen LogP contribution in [0.5, 0.6) is 0 Å². The van der Waals surface area contributed by atoms with E-state index in [0.717, 1.165) is 32.1 Å². The first-order valence-electron chi connectivity index (χ1n) is 10.3. The number of nitrogens with zero attached hydrogens (tertiary/aromatic N) is 1. The van der Waals surface area contributed by atoms with Gasteiger partial charge in [0.05, 0.1) is 11.5 Å². The van der Waals surface area contributed by atoms with Gasteiger partial charge in [0.2, 0.25) is 11.8 Å². The van der Waals surface area contributed by atoms with E-state index in [0.29, 0.717) is 25.0 Å². The molecular formula is C21H38N2O3. The van der Waals surface area contributed by atoms with E-state index in [-0.39, 0.29) is 35.4 Å². The molecule has 0 aliphatic heterocycles. The molecule has 0 radical (unpaired) electrons. The van der Waals surface area contributed by atoms with Gasteiger partial charge in [-0.05, 0) is 50.4 Å². The molecule has 0 aromatic rings. The highest BCUT2D eigenvalue weighted by molar-refractivity contribution is 5.84. The minimum Gasteiger partial charge on any atom is -0.369 e. The average Bonchev–Trinajstić information content (AvgIpc) is 3.41. The first-order valence-corrected chi connectivity index (χ1v) is 10.3. The highest BCUT2D eigenvalue weighted by atomic mass is 16.5. The fourth-order valence-corrected chi connectivity index (χ4v) is 3.97. The van der Waals surface area contributed by atoms with Crippen molar-refractivity contribution in [3.05, 3.63) is 0 Å². The van der Waals surface area contributed by atoms with Crippen LogP contribution in [0.1, 0.15) is 73.6 Å². The second kappa shape index (κ2) is 8.28. The van der Waals surface area contributed by atoms with Crippen LogP contribution < -0.4 is 5.32 Å². The van der Waals surface area contributed by atoms with E-state index in [1.807, 2.05) is 18.7 Å². The number of hydrogen-bond donors (Lipinski definition) is 1. The van der Waals surface area contributed by atoms with Gasteiger partial charge in [-0.15, -0.1) is 0 Å². The summed E-state index contributed by atoms with van der Waals surface area (Å²) in [6.07, 6.45) is 5.22. The highest BCUT2D eigenvalue weighted by Gasteiger charge is 2.56. The fraction of sp³-hybridized carbons (Fsp3) is 0.905. The number of ether oxygens (including phenoxy) is 1. The molecule has 2 aliphatic carbocycles. The molecule has 0 aromatic heterocycles. The molecule has 150 valence electrons. The van der Waals surface area contributed by atoms with E-state index >= 15 is 0 Å². The minimum atomic E-state index is -0.307. The van der Waals surface area contributed by atoms with Gasteiger partial charge in [0.25, 0.3) is 0 Å². The van der Waals surface area contributed by atoms with Crippen molar-refractivity contribution >= 4 is 11.8 Å². The van der Waals surface area contributed by atoms with E-state index in [1.165, 1.54) is 0 Å². The van der Waals surface area contributed by atoms with E-state index in [2.05, 4.69) is 33.0 Å². The Bertz CT molecular complexity index is 515. The average molecular weight is 367 g/mol. The third kappa shape index (κ3) is 4.41. The zero-order valence-corrected chi connectivity index (χ0v) is 17.6. The molecule has 2 fully saturated rings. The van der Waals surface area contributed by atoms with Crippen molar-refractivity contribution in [3.8, 4) is 0 Å². The minimum absolute atomic E-state index is 0.00457. The Kier molecular flexibility index (Phi) is 6.75. The summed E-state index contributed by atoms with van der Waals surface area (Å²) in [4.78, 5) is 27.4. The molecule has 2 saturated carbocycles. The molecule has 0 bridgehead atoms. The maximum atomic E-state index is 13.4. The Labute approximate surface area is 159 Å². The molecule has 2 rings (SSSR count). The molecule has 5 heteroatoms. The summed E-state index contributed by atoms with van der Waals surface area (Å²) >= 11 is 0. The second-order valence-corrected chi connectivity index (χ2v) is 9.10. The smallest absolute Gasteiger partial charge is 0.246 e. The molecule has 1 unspecified atom stereocenters. The zero-order chi connectivity index (χ0) is 19.5. The summed E-state index contributed by atoms with van der Waals surface area (Å²) in [5, 5.41) is 2.90. The molecule has 0 spiro atoms. The molecule has 26 heavy (non-hydrogen) atoms. The lowest BCUT2D eigenvalue weighted by Gasteiger charge is -2.43. The van der Waals surface area contributed by atoms with Crippen molar-refractivity contribution < 1.29 is 14.3 Å². The molecule has 0 heterocycles. The number of amides is 2. The van der Waals surface area contributed by atoms with E-state index in [9.17, 15) is 9.59 Å². The standard InChI is InChI=1S/C21H38N2O3/c1-7-16(3)26-14-18(24)22-12-13-23(17-8-9-17)19(25)21(6)11-10-15(2)20(21,4)5/h15-17H,7-14H2,1-6H3,(H,22,24)/t15-,16?,21-/m0/s1. The quantitative estimate of drug-likeness (QED) is 0.681. The lowest BCUT2D eigenvalue weighted by molar-refractivity contribution is -0.148. The molecule has 3 atom stereocenters. The Morgan fingerprint density at radius 1 is 1.23 bits per heavy atom. The van der Waals surface area contributed by atoms with Gasteiger partial charge in [0, 0.05) is 19.1 Å². The van der Waals surface area contributed by atoms with Crippen LogP contribution in [0.25, 0.3) is 0 Å². The van der Waals surface area contributed by atoms with Gasteiger partial charge in [-0.25, -0.2) is 0 Å². The summed E-state index contributed by atoms with van der Waals surface area (Å²) in [5.41, 5.74) is -0.302. The van der Waals surface area contributed by atoms with Crippen LogP contribution in [0.3, 0.4) is 0 Å². The molecule has 5 nitrogen and oxygen atoms in total. The van der Waals surface area contributed by atoms with Crippen molar-refractivity contribution in [2.75, 3.05) is 19.7 Å². The van der Waals surface area contributed by atoms with Crippen LogP contribution >= 0.6 is 0 Å². The third-order valence-electron chi connectivity index (χ3n) is 7.20. The number of carbonyl (C=O) groups is 2. The van der Waals surface area contributed by atoms with Crippen molar-refractivity contribution in [1.82, 2.24) is 10.2 Å². The Morgan fingerprint density at radius 3 is 2.38 bits per heavy atom. The number of carbonyl (C=O) groups excluding carboxylic acids is 2. The van der Waals surface area contributed by atoms with Gasteiger partial charge in [0.15, 0.2) is 0 Å². The summed E-state index contributed by atoms with van der Waals surface area (Å²) in [6.45, 7) is 14.1. The molecule has 2 aliphatic rings. The molecule has 0 saturated heterocycles. The van der Waals surface area contributed by atoms with Gasteiger partial charge >= 0.3 is 0 Å².